The van der Waals surface area contributed by atoms with Crippen LogP contribution in [0.15, 0.2) is 123 Å². The molecule has 0 radical (unpaired) electrons. The third-order valence-electron chi connectivity index (χ3n) is 15.0. The fourth-order valence-electron chi connectivity index (χ4n) is 10.0. The van der Waals surface area contributed by atoms with Gasteiger partial charge in [0.1, 0.15) is 16.8 Å². The summed E-state index contributed by atoms with van der Waals surface area (Å²) >= 11 is 4.26. The largest absolute Gasteiger partial charge is 0.444 e. The molecule has 3 atom stereocenters. The van der Waals surface area contributed by atoms with Crippen molar-refractivity contribution < 1.29 is 57.4 Å². The van der Waals surface area contributed by atoms with Crippen molar-refractivity contribution >= 4 is 104 Å². The van der Waals surface area contributed by atoms with Crippen molar-refractivity contribution in [2.45, 2.75) is 179 Å². The number of thiophene rings is 3. The van der Waals surface area contributed by atoms with Crippen LogP contribution in [0.3, 0.4) is 0 Å². The Morgan fingerprint density at radius 1 is 0.372 bits per heavy atom. The summed E-state index contributed by atoms with van der Waals surface area (Å²) in [6.45, 7) is 16.5. The molecule has 12 N–H and O–H groups in total. The molecule has 0 bridgehead atoms. The van der Waals surface area contributed by atoms with Crippen LogP contribution < -0.4 is 49.1 Å². The van der Waals surface area contributed by atoms with Gasteiger partial charge in [0, 0.05) is 61.9 Å². The van der Waals surface area contributed by atoms with Gasteiger partial charge in [-0.25, -0.2) is 14.4 Å². The molecule has 3 heterocycles. The topological polar surface area (TPSA) is 332 Å². The van der Waals surface area contributed by atoms with Crippen molar-refractivity contribution in [3.63, 3.8) is 0 Å². The SMILES string of the molecule is CC(C)(C)OC(=O)NCCCC[C@](N)(C(=O)Cc1ccsc1)C(=O)Nc1ccc(C(c2ccc(NC(=O)[C@](N)(CCCCNC(=O)OC(C)(C)C)C(=O)Cc3ccsc3)cc2)c2ccc(NC(=O)[C@](N)(CCCCNC(=O)OC(C)(C)C)C(=O)Cc3ccsc3)cc2)cc1. The minimum atomic E-state index is -1.94. The lowest BCUT2D eigenvalue weighted by molar-refractivity contribution is -0.134. The molecule has 0 aliphatic rings. The molecular weight excluding hydrogens is 1260 g/mol. The lowest BCUT2D eigenvalue weighted by atomic mass is 9.84. The molecule has 24 heteroatoms. The van der Waals surface area contributed by atoms with Gasteiger partial charge in [0.25, 0.3) is 17.7 Å². The summed E-state index contributed by atoms with van der Waals surface area (Å²) < 4.78 is 16.0. The van der Waals surface area contributed by atoms with Crippen LogP contribution in [0.5, 0.6) is 0 Å². The maximum absolute atomic E-state index is 14.3. The molecule has 0 spiro atoms. The first-order valence-corrected chi connectivity index (χ1v) is 34.2. The van der Waals surface area contributed by atoms with E-state index in [4.69, 9.17) is 31.4 Å². The monoisotopic (exact) mass is 1350 g/mol. The third kappa shape index (κ3) is 23.4. The number of carbonyl (C=O) groups is 9. The van der Waals surface area contributed by atoms with E-state index in [1.807, 2.05) is 68.7 Å². The van der Waals surface area contributed by atoms with E-state index < -0.39 is 92.7 Å². The van der Waals surface area contributed by atoms with Gasteiger partial charge in [0.05, 0.1) is 0 Å². The Kier molecular flexibility index (Phi) is 26.9. The second-order valence-electron chi connectivity index (χ2n) is 26.4. The summed E-state index contributed by atoms with van der Waals surface area (Å²) in [4.78, 5) is 122. The summed E-state index contributed by atoms with van der Waals surface area (Å²) in [6.07, 6.45) is 0.251. The second kappa shape index (κ2) is 33.8. The molecule has 21 nitrogen and oxygen atoms in total. The predicted octanol–water partition coefficient (Wildman–Crippen LogP) is 11.5. The number of nitrogens with two attached hydrogens (primary N) is 3. The number of ketones is 3. The van der Waals surface area contributed by atoms with Crippen molar-refractivity contribution in [1.29, 1.82) is 0 Å². The number of carbonyl (C=O) groups excluding carboxylic acids is 9. The van der Waals surface area contributed by atoms with Gasteiger partial charge in [0.15, 0.2) is 34.0 Å². The molecule has 6 rings (SSSR count). The van der Waals surface area contributed by atoms with Gasteiger partial charge < -0.3 is 63.3 Å². The summed E-state index contributed by atoms with van der Waals surface area (Å²) in [7, 11) is 0. The number of nitrogens with one attached hydrogen (secondary N) is 6. The van der Waals surface area contributed by atoms with Crippen LogP contribution in [-0.4, -0.2) is 106 Å². The van der Waals surface area contributed by atoms with Gasteiger partial charge in [-0.3, -0.25) is 28.8 Å². The van der Waals surface area contributed by atoms with Crippen LogP contribution in [-0.2, 0) is 62.2 Å². The quantitative estimate of drug-likeness (QED) is 0.00800. The van der Waals surface area contributed by atoms with E-state index in [1.165, 1.54) is 34.0 Å². The minimum absolute atomic E-state index is 0.00951. The van der Waals surface area contributed by atoms with Crippen molar-refractivity contribution in [2.24, 2.45) is 17.2 Å². The van der Waals surface area contributed by atoms with E-state index in [2.05, 4.69) is 31.9 Å². The Balaban J connectivity index is 1.27. The van der Waals surface area contributed by atoms with E-state index in [9.17, 15) is 43.2 Å². The highest BCUT2D eigenvalue weighted by Gasteiger charge is 2.44. The first kappa shape index (κ1) is 74.9. The van der Waals surface area contributed by atoms with E-state index >= 15 is 0 Å². The highest BCUT2D eigenvalue weighted by molar-refractivity contribution is 7.08. The smallest absolute Gasteiger partial charge is 0.407 e. The molecular formula is C70H91N9O12S3. The fraction of sp³-hybridized carbons (Fsp3) is 0.443. The van der Waals surface area contributed by atoms with Gasteiger partial charge in [-0.2, -0.15) is 34.0 Å². The molecule has 506 valence electrons. The Hall–Kier alpha value is -8.13. The summed E-state index contributed by atoms with van der Waals surface area (Å²) in [5.41, 5.74) is 18.0. The van der Waals surface area contributed by atoms with Crippen LogP contribution in [0.2, 0.25) is 0 Å². The van der Waals surface area contributed by atoms with Crippen molar-refractivity contribution in [2.75, 3.05) is 35.6 Å². The number of alkyl carbamates (subject to hydrolysis) is 3. The number of anilines is 3. The van der Waals surface area contributed by atoms with E-state index in [-0.39, 0.29) is 58.2 Å². The highest BCUT2D eigenvalue weighted by atomic mass is 32.1. The van der Waals surface area contributed by atoms with Gasteiger partial charge in [-0.1, -0.05) is 36.4 Å². The zero-order valence-corrected chi connectivity index (χ0v) is 57.6. The average molecular weight is 1350 g/mol. The normalized spacial score (nSPS) is 13.6. The van der Waals surface area contributed by atoms with E-state index in [0.717, 1.165) is 33.4 Å². The molecule has 0 aliphatic heterocycles. The second-order valence-corrected chi connectivity index (χ2v) is 28.8. The van der Waals surface area contributed by atoms with Crippen LogP contribution in [0.1, 0.15) is 159 Å². The number of ether oxygens (including phenoxy) is 3. The zero-order valence-electron chi connectivity index (χ0n) is 55.2. The van der Waals surface area contributed by atoms with Crippen molar-refractivity contribution in [3.05, 3.63) is 157 Å². The van der Waals surface area contributed by atoms with Crippen LogP contribution in [0.25, 0.3) is 0 Å². The lowest BCUT2D eigenvalue weighted by Gasteiger charge is -2.28. The standard InChI is InChI=1S/C70H91N9O12S3/c1-65(2,3)89-62(86)74-34-13-10-31-68(71,55(80)40-46-28-37-92-43-46)59(83)77-52-22-16-49(17-23-52)58(50-18-24-53(25-19-50)78-60(84)69(72,56(81)41-47-29-38-93-44-47)32-11-14-35-75-63(87)90-66(4,5)6)51-20-26-54(27-21-51)79-61(85)70(73,57(82)42-48-30-39-94-45-48)33-12-15-36-76-64(88)91-67(7,8)9/h16-30,37-39,43-45,58H,10-15,31-36,40-42,71-73H2,1-9H3,(H,74,86)(H,75,87)(H,76,88)(H,77,83)(H,78,84)(H,79,85)/t68-,69-,70-/m0/s1. The number of unbranched alkanes of at least 4 members (excludes halogenated alkanes) is 3. The van der Waals surface area contributed by atoms with E-state index in [0.29, 0.717) is 55.6 Å². The maximum Gasteiger partial charge on any atom is 0.407 e. The summed E-state index contributed by atoms with van der Waals surface area (Å²) in [6, 6.07) is 26.5. The fourth-order valence-corrected chi connectivity index (χ4v) is 12.0. The van der Waals surface area contributed by atoms with Gasteiger partial charge in [-0.15, -0.1) is 0 Å². The van der Waals surface area contributed by atoms with Gasteiger partial charge >= 0.3 is 18.3 Å². The number of rotatable bonds is 33. The molecule has 0 fully saturated rings. The molecule has 0 aliphatic carbocycles. The molecule has 0 unspecified atom stereocenters. The minimum Gasteiger partial charge on any atom is -0.444 e. The third-order valence-corrected chi connectivity index (χ3v) is 17.2. The van der Waals surface area contributed by atoms with Gasteiger partial charge in [-0.05, 0) is 240 Å². The average Bonchev–Trinajstić information content (AvgIpc) is 0.879. The van der Waals surface area contributed by atoms with Crippen LogP contribution >= 0.6 is 34.0 Å². The number of benzene rings is 3. The molecule has 0 saturated carbocycles. The first-order chi connectivity index (χ1) is 44.2. The summed E-state index contributed by atoms with van der Waals surface area (Å²) in [5.74, 6) is -4.08. The van der Waals surface area contributed by atoms with Crippen LogP contribution in [0, 0.1) is 0 Å². The lowest BCUT2D eigenvalue weighted by Crippen LogP contribution is -2.58. The van der Waals surface area contributed by atoms with E-state index in [1.54, 1.807) is 117 Å². The number of Topliss-reactive ketones (excluding diaryl/α,β-unsaturated/α-hetero) is 3. The van der Waals surface area contributed by atoms with Gasteiger partial charge in [0.2, 0.25) is 0 Å². The zero-order chi connectivity index (χ0) is 68.9. The molecule has 94 heavy (non-hydrogen) atoms. The maximum atomic E-state index is 14.3. The highest BCUT2D eigenvalue weighted by Crippen LogP contribution is 2.35. The summed E-state index contributed by atoms with van der Waals surface area (Å²) in [5, 5.41) is 27.8. The molecule has 0 saturated heterocycles. The molecule has 3 aromatic heterocycles. The Labute approximate surface area is 562 Å². The number of hydrogen-bond acceptors (Lipinski definition) is 18. The Bertz CT molecular complexity index is 3120. The first-order valence-electron chi connectivity index (χ1n) is 31.4. The molecule has 6 aromatic rings. The molecule has 6 amide bonds. The Morgan fingerprint density at radius 2 is 0.617 bits per heavy atom. The number of amides is 6. The number of hydrogen-bond donors (Lipinski definition) is 9. The predicted molar refractivity (Wildman–Crippen MR) is 370 cm³/mol. The van der Waals surface area contributed by atoms with Crippen molar-refractivity contribution in [1.82, 2.24) is 16.0 Å². The molecule has 3 aromatic carbocycles. The van der Waals surface area contributed by atoms with Crippen LogP contribution in [0.4, 0.5) is 31.4 Å². The van der Waals surface area contributed by atoms with Crippen molar-refractivity contribution in [3.8, 4) is 0 Å². The Morgan fingerprint density at radius 3 is 0.830 bits per heavy atom.